The lowest BCUT2D eigenvalue weighted by atomic mass is 10.1. The third-order valence-corrected chi connectivity index (χ3v) is 4.07. The van der Waals surface area contributed by atoms with E-state index in [2.05, 4.69) is 24.0 Å². The Morgan fingerprint density at radius 2 is 1.45 bits per heavy atom. The quantitative estimate of drug-likeness (QED) is 0.465. The lowest BCUT2D eigenvalue weighted by Crippen LogP contribution is -1.99. The van der Waals surface area contributed by atoms with Gasteiger partial charge in [-0.05, 0) is 18.6 Å². The zero-order valence-corrected chi connectivity index (χ0v) is 13.9. The van der Waals surface area contributed by atoms with Crippen molar-refractivity contribution in [2.45, 2.75) is 64.7 Å². The van der Waals surface area contributed by atoms with Crippen molar-refractivity contribution >= 4 is 10.9 Å². The van der Waals surface area contributed by atoms with Gasteiger partial charge in [-0.1, -0.05) is 76.5 Å². The SMILES string of the molecule is CCCCCCCCCCCOc1ccc2ccccc2n1. The van der Waals surface area contributed by atoms with Crippen molar-refractivity contribution in [2.75, 3.05) is 6.61 Å². The molecular formula is C20H29NO. The molecule has 2 heteroatoms. The molecule has 1 aromatic carbocycles. The van der Waals surface area contributed by atoms with Crippen LogP contribution in [0.4, 0.5) is 0 Å². The predicted octanol–water partition coefficient (Wildman–Crippen LogP) is 6.14. The molecule has 0 aliphatic heterocycles. The van der Waals surface area contributed by atoms with Crippen molar-refractivity contribution in [3.05, 3.63) is 36.4 Å². The molecule has 0 spiro atoms. The van der Waals surface area contributed by atoms with Gasteiger partial charge in [-0.2, -0.15) is 0 Å². The van der Waals surface area contributed by atoms with Crippen LogP contribution in [0.3, 0.4) is 0 Å². The van der Waals surface area contributed by atoms with Gasteiger partial charge >= 0.3 is 0 Å². The smallest absolute Gasteiger partial charge is 0.213 e. The molecule has 2 rings (SSSR count). The Balaban J connectivity index is 1.54. The lowest BCUT2D eigenvalue weighted by Gasteiger charge is -2.06. The second kappa shape index (κ2) is 10.2. The van der Waals surface area contributed by atoms with E-state index in [1.54, 1.807) is 0 Å². The summed E-state index contributed by atoms with van der Waals surface area (Å²) in [5, 5.41) is 1.16. The molecule has 0 unspecified atom stereocenters. The molecule has 0 saturated carbocycles. The zero-order valence-electron chi connectivity index (χ0n) is 13.9. The first kappa shape index (κ1) is 16.8. The highest BCUT2D eigenvalue weighted by molar-refractivity contribution is 5.78. The number of fused-ring (bicyclic) bond motifs is 1. The van der Waals surface area contributed by atoms with E-state index in [1.165, 1.54) is 51.4 Å². The van der Waals surface area contributed by atoms with Crippen LogP contribution in [0.2, 0.25) is 0 Å². The van der Waals surface area contributed by atoms with Crippen molar-refractivity contribution < 1.29 is 4.74 Å². The van der Waals surface area contributed by atoms with Gasteiger partial charge in [0.25, 0.3) is 0 Å². The van der Waals surface area contributed by atoms with Crippen LogP contribution >= 0.6 is 0 Å². The topological polar surface area (TPSA) is 22.1 Å². The fraction of sp³-hybridized carbons (Fsp3) is 0.550. The number of aromatic nitrogens is 1. The molecule has 0 saturated heterocycles. The summed E-state index contributed by atoms with van der Waals surface area (Å²) in [5.74, 6) is 0.748. The maximum absolute atomic E-state index is 5.76. The van der Waals surface area contributed by atoms with Gasteiger partial charge in [0.15, 0.2) is 0 Å². The van der Waals surface area contributed by atoms with Crippen molar-refractivity contribution in [2.24, 2.45) is 0 Å². The Labute approximate surface area is 134 Å². The van der Waals surface area contributed by atoms with Crippen molar-refractivity contribution in [1.82, 2.24) is 4.98 Å². The maximum atomic E-state index is 5.76. The van der Waals surface area contributed by atoms with E-state index in [9.17, 15) is 0 Å². The molecule has 0 aliphatic rings. The van der Waals surface area contributed by atoms with Crippen LogP contribution in [-0.4, -0.2) is 11.6 Å². The summed E-state index contributed by atoms with van der Waals surface area (Å²) in [7, 11) is 0. The molecule has 0 aliphatic carbocycles. The van der Waals surface area contributed by atoms with Crippen LogP contribution in [-0.2, 0) is 0 Å². The first-order valence-electron chi connectivity index (χ1n) is 8.89. The number of benzene rings is 1. The second-order valence-electron chi connectivity index (χ2n) is 6.02. The average molecular weight is 299 g/mol. The first-order valence-corrected chi connectivity index (χ1v) is 8.89. The predicted molar refractivity (Wildman–Crippen MR) is 94.5 cm³/mol. The monoisotopic (exact) mass is 299 g/mol. The van der Waals surface area contributed by atoms with Gasteiger partial charge in [-0.25, -0.2) is 4.98 Å². The molecular weight excluding hydrogens is 270 g/mol. The van der Waals surface area contributed by atoms with E-state index in [-0.39, 0.29) is 0 Å². The number of hydrogen-bond acceptors (Lipinski definition) is 2. The van der Waals surface area contributed by atoms with E-state index in [1.807, 2.05) is 24.3 Å². The number of ether oxygens (including phenoxy) is 1. The molecule has 0 N–H and O–H groups in total. The normalized spacial score (nSPS) is 11.0. The fourth-order valence-corrected chi connectivity index (χ4v) is 2.72. The number of hydrogen-bond donors (Lipinski definition) is 0. The van der Waals surface area contributed by atoms with Gasteiger partial charge < -0.3 is 4.74 Å². The van der Waals surface area contributed by atoms with E-state index >= 15 is 0 Å². The zero-order chi connectivity index (χ0) is 15.5. The standard InChI is InChI=1S/C20H29NO/c1-2-3-4-5-6-7-8-9-12-17-22-20-16-15-18-13-10-11-14-19(18)21-20/h10-11,13-16H,2-9,12,17H2,1H3. The largest absolute Gasteiger partial charge is 0.478 e. The molecule has 0 fully saturated rings. The minimum Gasteiger partial charge on any atom is -0.478 e. The van der Waals surface area contributed by atoms with Crippen LogP contribution in [0.5, 0.6) is 5.88 Å². The van der Waals surface area contributed by atoms with Crippen molar-refractivity contribution in [1.29, 1.82) is 0 Å². The molecule has 0 atom stereocenters. The molecule has 1 heterocycles. The fourth-order valence-electron chi connectivity index (χ4n) is 2.72. The molecule has 0 amide bonds. The summed E-state index contributed by atoms with van der Waals surface area (Å²) < 4.78 is 5.76. The van der Waals surface area contributed by atoms with Gasteiger partial charge in [0, 0.05) is 11.5 Å². The van der Waals surface area contributed by atoms with Crippen LogP contribution in [0, 0.1) is 0 Å². The highest BCUT2D eigenvalue weighted by Crippen LogP contribution is 2.16. The van der Waals surface area contributed by atoms with Crippen molar-refractivity contribution in [3.63, 3.8) is 0 Å². The van der Waals surface area contributed by atoms with Gasteiger partial charge in [-0.3, -0.25) is 0 Å². The number of rotatable bonds is 11. The Bertz CT molecular complexity index is 538. The summed E-state index contributed by atoms with van der Waals surface area (Å²) in [5.41, 5.74) is 1.01. The Morgan fingerprint density at radius 3 is 2.23 bits per heavy atom. The Morgan fingerprint density at radius 1 is 0.773 bits per heavy atom. The number of nitrogens with zero attached hydrogens (tertiary/aromatic N) is 1. The third-order valence-electron chi connectivity index (χ3n) is 4.07. The van der Waals surface area contributed by atoms with Crippen LogP contribution in [0.15, 0.2) is 36.4 Å². The summed E-state index contributed by atoms with van der Waals surface area (Å²) in [4.78, 5) is 4.53. The van der Waals surface area contributed by atoms with E-state index in [0.717, 1.165) is 29.8 Å². The molecule has 1 aromatic heterocycles. The Kier molecular flexibility index (Phi) is 7.79. The maximum Gasteiger partial charge on any atom is 0.213 e. The average Bonchev–Trinajstić information content (AvgIpc) is 2.56. The van der Waals surface area contributed by atoms with Gasteiger partial charge in [-0.15, -0.1) is 0 Å². The van der Waals surface area contributed by atoms with Crippen LogP contribution in [0.1, 0.15) is 64.7 Å². The molecule has 0 bridgehead atoms. The summed E-state index contributed by atoms with van der Waals surface area (Å²) in [6, 6.07) is 12.2. The first-order chi connectivity index (χ1) is 10.9. The highest BCUT2D eigenvalue weighted by atomic mass is 16.5. The van der Waals surface area contributed by atoms with Gasteiger partial charge in [0.1, 0.15) is 0 Å². The number of pyridine rings is 1. The minimum atomic E-state index is 0.748. The second-order valence-corrected chi connectivity index (χ2v) is 6.02. The van der Waals surface area contributed by atoms with E-state index in [0.29, 0.717) is 0 Å². The molecule has 120 valence electrons. The highest BCUT2D eigenvalue weighted by Gasteiger charge is 1.98. The lowest BCUT2D eigenvalue weighted by molar-refractivity contribution is 0.294. The van der Waals surface area contributed by atoms with Crippen LogP contribution in [0.25, 0.3) is 10.9 Å². The summed E-state index contributed by atoms with van der Waals surface area (Å²) in [6.45, 7) is 3.05. The van der Waals surface area contributed by atoms with E-state index < -0.39 is 0 Å². The van der Waals surface area contributed by atoms with Gasteiger partial charge in [0.05, 0.1) is 12.1 Å². The van der Waals surface area contributed by atoms with Crippen molar-refractivity contribution in [3.8, 4) is 5.88 Å². The van der Waals surface area contributed by atoms with E-state index in [4.69, 9.17) is 4.74 Å². The van der Waals surface area contributed by atoms with Crippen LogP contribution < -0.4 is 4.74 Å². The minimum absolute atomic E-state index is 0.748. The molecule has 2 nitrogen and oxygen atoms in total. The summed E-state index contributed by atoms with van der Waals surface area (Å²) >= 11 is 0. The molecule has 2 aromatic rings. The third kappa shape index (κ3) is 6.05. The Hall–Kier alpha value is -1.57. The van der Waals surface area contributed by atoms with Gasteiger partial charge in [0.2, 0.25) is 5.88 Å². The number of unbranched alkanes of at least 4 members (excludes halogenated alkanes) is 8. The number of para-hydroxylation sites is 1. The molecule has 0 radical (unpaired) electrons. The molecule has 22 heavy (non-hydrogen) atoms. The summed E-state index contributed by atoms with van der Waals surface area (Å²) in [6.07, 6.45) is 12.0.